The Hall–Kier alpha value is -3.56. The molecule has 0 aliphatic rings. The van der Waals surface area contributed by atoms with Crippen molar-refractivity contribution in [1.29, 1.82) is 0 Å². The van der Waals surface area contributed by atoms with E-state index in [-0.39, 0.29) is 28.3 Å². The number of Topliss-reactive ketones (excluding diaryl/α,β-unsaturated/α-hetero) is 1. The Morgan fingerprint density at radius 3 is 2.48 bits per heavy atom. The molecule has 0 fully saturated rings. The molecule has 0 heterocycles. The van der Waals surface area contributed by atoms with E-state index in [1.54, 1.807) is 0 Å². The predicted molar refractivity (Wildman–Crippen MR) is 87.3 cm³/mol. The number of ether oxygens (including phenoxy) is 3. The van der Waals surface area contributed by atoms with Gasteiger partial charge in [-0.15, -0.1) is 0 Å². The van der Waals surface area contributed by atoms with Crippen molar-refractivity contribution >= 4 is 17.4 Å². The molecule has 0 aliphatic carbocycles. The average molecular weight is 381 g/mol. The minimum Gasteiger partial charge on any atom is -0.493 e. The maximum atomic E-state index is 12.3. The van der Waals surface area contributed by atoms with Crippen LogP contribution in [0.3, 0.4) is 0 Å². The van der Waals surface area contributed by atoms with Crippen LogP contribution in [-0.2, 0) is 4.74 Å². The number of alkyl halides is 2. The van der Waals surface area contributed by atoms with Gasteiger partial charge in [0.25, 0.3) is 5.69 Å². The maximum Gasteiger partial charge on any atom is 0.387 e. The molecule has 0 aliphatic heterocycles. The Morgan fingerprint density at radius 2 is 1.85 bits per heavy atom. The number of methoxy groups -OCH3 is 1. The number of benzene rings is 2. The molecule has 0 radical (unpaired) electrons. The molecule has 142 valence electrons. The molecule has 10 heteroatoms. The summed E-state index contributed by atoms with van der Waals surface area (Å²) >= 11 is 0. The van der Waals surface area contributed by atoms with E-state index in [1.807, 2.05) is 0 Å². The minimum atomic E-state index is -3.06. The van der Waals surface area contributed by atoms with E-state index in [2.05, 4.69) is 4.74 Å². The molecular formula is C17H13F2NO7. The van der Waals surface area contributed by atoms with Crippen LogP contribution in [-0.4, -0.2) is 37.0 Å². The molecule has 0 saturated heterocycles. The van der Waals surface area contributed by atoms with E-state index >= 15 is 0 Å². The van der Waals surface area contributed by atoms with Crippen LogP contribution in [0.1, 0.15) is 20.7 Å². The van der Waals surface area contributed by atoms with Crippen molar-refractivity contribution in [1.82, 2.24) is 0 Å². The highest BCUT2D eigenvalue weighted by atomic mass is 19.3. The van der Waals surface area contributed by atoms with Gasteiger partial charge in [-0.3, -0.25) is 14.9 Å². The third kappa shape index (κ3) is 5.21. The second kappa shape index (κ2) is 8.70. The molecule has 2 rings (SSSR count). The first-order chi connectivity index (χ1) is 12.8. The van der Waals surface area contributed by atoms with E-state index in [1.165, 1.54) is 37.4 Å². The Labute approximate surface area is 151 Å². The quantitative estimate of drug-likeness (QED) is 0.299. The van der Waals surface area contributed by atoms with Crippen molar-refractivity contribution in [2.75, 3.05) is 13.7 Å². The van der Waals surface area contributed by atoms with E-state index in [0.29, 0.717) is 0 Å². The van der Waals surface area contributed by atoms with Gasteiger partial charge in [-0.25, -0.2) is 4.79 Å². The Kier molecular flexibility index (Phi) is 6.36. The Balaban J connectivity index is 2.06. The van der Waals surface area contributed by atoms with E-state index < -0.39 is 29.9 Å². The SMILES string of the molecule is COc1cc(C(=O)COC(=O)c2cccc([N+](=O)[O-])c2)ccc1OC(F)F. The first-order valence-electron chi connectivity index (χ1n) is 7.39. The van der Waals surface area contributed by atoms with Crippen LogP contribution >= 0.6 is 0 Å². The van der Waals surface area contributed by atoms with Crippen LogP contribution in [0.2, 0.25) is 0 Å². The maximum absolute atomic E-state index is 12.3. The van der Waals surface area contributed by atoms with E-state index in [4.69, 9.17) is 9.47 Å². The van der Waals surface area contributed by atoms with Gasteiger partial charge in [0.1, 0.15) is 0 Å². The highest BCUT2D eigenvalue weighted by molar-refractivity contribution is 5.99. The zero-order chi connectivity index (χ0) is 20.0. The molecule has 0 unspecified atom stereocenters. The van der Waals surface area contributed by atoms with E-state index in [9.17, 15) is 28.5 Å². The van der Waals surface area contributed by atoms with Crippen molar-refractivity contribution in [2.24, 2.45) is 0 Å². The second-order valence-corrected chi connectivity index (χ2v) is 5.05. The zero-order valence-corrected chi connectivity index (χ0v) is 13.9. The fraction of sp³-hybridized carbons (Fsp3) is 0.176. The summed E-state index contributed by atoms with van der Waals surface area (Å²) in [7, 11) is 1.21. The van der Waals surface area contributed by atoms with Crippen molar-refractivity contribution in [3.8, 4) is 11.5 Å². The molecule has 0 saturated carbocycles. The molecule has 0 amide bonds. The number of non-ortho nitro benzene ring substituents is 1. The zero-order valence-electron chi connectivity index (χ0n) is 13.9. The second-order valence-electron chi connectivity index (χ2n) is 5.05. The van der Waals surface area contributed by atoms with Crippen molar-refractivity contribution in [2.45, 2.75) is 6.61 Å². The van der Waals surface area contributed by atoms with Gasteiger partial charge in [0.15, 0.2) is 23.9 Å². The molecular weight excluding hydrogens is 368 g/mol. The van der Waals surface area contributed by atoms with Gasteiger partial charge in [-0.2, -0.15) is 8.78 Å². The lowest BCUT2D eigenvalue weighted by Gasteiger charge is -2.11. The number of hydrogen-bond acceptors (Lipinski definition) is 7. The number of hydrogen-bond donors (Lipinski definition) is 0. The lowest BCUT2D eigenvalue weighted by atomic mass is 10.1. The number of halogens is 2. The largest absolute Gasteiger partial charge is 0.493 e. The fourth-order valence-electron chi connectivity index (χ4n) is 2.08. The van der Waals surface area contributed by atoms with Gasteiger partial charge in [0, 0.05) is 17.7 Å². The number of carbonyl (C=O) groups excluding carboxylic acids is 2. The van der Waals surface area contributed by atoms with Gasteiger partial charge in [-0.1, -0.05) is 6.07 Å². The third-order valence-corrected chi connectivity index (χ3v) is 3.33. The summed E-state index contributed by atoms with van der Waals surface area (Å²) in [4.78, 5) is 34.1. The van der Waals surface area contributed by atoms with Gasteiger partial charge < -0.3 is 14.2 Å². The Bertz CT molecular complexity index is 870. The fourth-order valence-corrected chi connectivity index (χ4v) is 2.08. The molecule has 0 atom stereocenters. The summed E-state index contributed by atoms with van der Waals surface area (Å²) in [5.41, 5.74) is -0.342. The highest BCUT2D eigenvalue weighted by Crippen LogP contribution is 2.29. The van der Waals surface area contributed by atoms with E-state index in [0.717, 1.165) is 12.1 Å². The number of nitro benzene ring substituents is 1. The molecule has 27 heavy (non-hydrogen) atoms. The summed E-state index contributed by atoms with van der Waals surface area (Å²) in [6.45, 7) is -3.71. The smallest absolute Gasteiger partial charge is 0.387 e. The molecule has 2 aromatic carbocycles. The number of carbonyl (C=O) groups is 2. The topological polar surface area (TPSA) is 105 Å². The monoisotopic (exact) mass is 381 g/mol. The molecule has 0 spiro atoms. The lowest BCUT2D eigenvalue weighted by Crippen LogP contribution is -2.14. The van der Waals surface area contributed by atoms with Crippen LogP contribution in [0.5, 0.6) is 11.5 Å². The highest BCUT2D eigenvalue weighted by Gasteiger charge is 2.17. The summed E-state index contributed by atoms with van der Waals surface area (Å²) in [6.07, 6.45) is 0. The number of rotatable bonds is 8. The summed E-state index contributed by atoms with van der Waals surface area (Å²) < 4.78 is 38.6. The number of esters is 1. The normalized spacial score (nSPS) is 10.4. The lowest BCUT2D eigenvalue weighted by molar-refractivity contribution is -0.384. The van der Waals surface area contributed by atoms with Crippen LogP contribution in [0.15, 0.2) is 42.5 Å². The molecule has 0 bridgehead atoms. The van der Waals surface area contributed by atoms with Gasteiger partial charge in [-0.05, 0) is 24.3 Å². The van der Waals surface area contributed by atoms with Crippen LogP contribution in [0, 0.1) is 10.1 Å². The Morgan fingerprint density at radius 1 is 1.11 bits per heavy atom. The van der Waals surface area contributed by atoms with Crippen molar-refractivity contribution < 1.29 is 37.5 Å². The molecule has 8 nitrogen and oxygen atoms in total. The van der Waals surface area contributed by atoms with Gasteiger partial charge in [0.05, 0.1) is 17.6 Å². The van der Waals surface area contributed by atoms with Gasteiger partial charge in [0.2, 0.25) is 0 Å². The number of nitrogens with zero attached hydrogens (tertiary/aromatic N) is 1. The van der Waals surface area contributed by atoms with Crippen LogP contribution < -0.4 is 9.47 Å². The van der Waals surface area contributed by atoms with Crippen molar-refractivity contribution in [3.05, 3.63) is 63.7 Å². The summed E-state index contributed by atoms with van der Waals surface area (Å²) in [6, 6.07) is 8.34. The molecule has 0 aromatic heterocycles. The standard InChI is InChI=1S/C17H13F2NO7/c1-25-15-8-10(5-6-14(15)27-17(18)19)13(21)9-26-16(22)11-3-2-4-12(7-11)20(23)24/h2-8,17H,9H2,1H3. The van der Waals surface area contributed by atoms with Crippen LogP contribution in [0.25, 0.3) is 0 Å². The number of ketones is 1. The molecule has 2 aromatic rings. The molecule has 0 N–H and O–H groups in total. The third-order valence-electron chi connectivity index (χ3n) is 3.33. The first-order valence-corrected chi connectivity index (χ1v) is 7.39. The summed E-state index contributed by atoms with van der Waals surface area (Å²) in [5.74, 6) is -1.89. The van der Waals surface area contributed by atoms with Crippen molar-refractivity contribution in [3.63, 3.8) is 0 Å². The first kappa shape index (κ1) is 19.8. The predicted octanol–water partition coefficient (Wildman–Crippen LogP) is 3.24. The average Bonchev–Trinajstić information content (AvgIpc) is 2.65. The van der Waals surface area contributed by atoms with Crippen LogP contribution in [0.4, 0.5) is 14.5 Å². The number of nitro groups is 1. The minimum absolute atomic E-state index is 0.0420. The van der Waals surface area contributed by atoms with Gasteiger partial charge >= 0.3 is 12.6 Å². The summed E-state index contributed by atoms with van der Waals surface area (Å²) in [5, 5.41) is 10.7.